The molecule has 1 N–H and O–H groups in total. The molecular weight excluding hydrogens is 380 g/mol. The number of Topliss-reactive ketones (excluding diaryl/α,β-unsaturated/α-hetero) is 1. The predicted molar refractivity (Wildman–Crippen MR) is 129 cm³/mol. The summed E-state index contributed by atoms with van der Waals surface area (Å²) in [6.07, 6.45) is 3.81. The zero-order valence-electron chi connectivity index (χ0n) is 19.6. The maximum Gasteiger partial charge on any atom is 0.162 e. The van der Waals surface area contributed by atoms with Crippen LogP contribution in [-0.2, 0) is 22.0 Å². The van der Waals surface area contributed by atoms with Crippen molar-refractivity contribution in [3.8, 4) is 0 Å². The number of carbonyl (C=O) groups is 1. The van der Waals surface area contributed by atoms with E-state index < -0.39 is 0 Å². The number of carbonyl (C=O) groups excluding carboxylic acids is 1. The topological polar surface area (TPSA) is 37.3 Å². The van der Waals surface area contributed by atoms with Crippen molar-refractivity contribution in [1.29, 1.82) is 0 Å². The van der Waals surface area contributed by atoms with Crippen LogP contribution in [0.3, 0.4) is 0 Å². The second kappa shape index (κ2) is 7.51. The highest BCUT2D eigenvalue weighted by atomic mass is 16.3. The van der Waals surface area contributed by atoms with Gasteiger partial charge in [-0.3, -0.25) is 4.79 Å². The fourth-order valence-corrected chi connectivity index (χ4v) is 5.13. The van der Waals surface area contributed by atoms with E-state index in [9.17, 15) is 9.90 Å². The second-order valence-electron chi connectivity index (χ2n) is 10.7. The molecule has 0 spiro atoms. The summed E-state index contributed by atoms with van der Waals surface area (Å²) in [7, 11) is 0. The van der Waals surface area contributed by atoms with Crippen LogP contribution >= 0.6 is 0 Å². The summed E-state index contributed by atoms with van der Waals surface area (Å²) in [5.74, 6) is 0.329. The quantitative estimate of drug-likeness (QED) is 0.578. The molecule has 2 aliphatic carbocycles. The first-order chi connectivity index (χ1) is 14.5. The lowest BCUT2D eigenvalue weighted by atomic mass is 9.62. The van der Waals surface area contributed by atoms with Crippen LogP contribution in [0.1, 0.15) is 86.8 Å². The van der Waals surface area contributed by atoms with Crippen molar-refractivity contribution in [2.45, 2.75) is 77.6 Å². The minimum Gasteiger partial charge on any atom is -0.512 e. The molecular formula is C29H34O2. The number of ketones is 1. The molecule has 2 aromatic carbocycles. The highest BCUT2D eigenvalue weighted by molar-refractivity contribution is 5.98. The number of hydrogen-bond donors (Lipinski definition) is 1. The number of benzene rings is 2. The van der Waals surface area contributed by atoms with Crippen LogP contribution in [0.4, 0.5) is 0 Å². The van der Waals surface area contributed by atoms with Gasteiger partial charge in [0.15, 0.2) is 5.78 Å². The van der Waals surface area contributed by atoms with Crippen LogP contribution in [0.15, 0.2) is 54.3 Å². The molecule has 0 atom stereocenters. The first kappa shape index (κ1) is 21.6. The van der Waals surface area contributed by atoms with Gasteiger partial charge in [-0.1, -0.05) is 70.7 Å². The normalized spacial score (nSPS) is 19.5. The van der Waals surface area contributed by atoms with Gasteiger partial charge in [0.25, 0.3) is 0 Å². The molecule has 2 heteroatoms. The molecule has 31 heavy (non-hydrogen) atoms. The first-order valence-electron chi connectivity index (χ1n) is 11.4. The SMILES string of the molecule is C=C(c1ccc(CC2=C(O)CCC2=O)cc1)c1cc2c(cc1C)C(C)(C)CCC2(C)C. The van der Waals surface area contributed by atoms with Crippen LogP contribution in [0.5, 0.6) is 0 Å². The summed E-state index contributed by atoms with van der Waals surface area (Å²) in [6.45, 7) is 16.1. The lowest BCUT2D eigenvalue weighted by Crippen LogP contribution is -2.34. The Morgan fingerprint density at radius 1 is 0.968 bits per heavy atom. The van der Waals surface area contributed by atoms with Crippen LogP contribution in [0, 0.1) is 6.92 Å². The van der Waals surface area contributed by atoms with Crippen LogP contribution < -0.4 is 0 Å². The number of aliphatic hydroxyl groups is 1. The average Bonchev–Trinajstić information content (AvgIpc) is 3.03. The second-order valence-corrected chi connectivity index (χ2v) is 10.7. The van der Waals surface area contributed by atoms with Crippen molar-refractivity contribution in [2.75, 3.05) is 0 Å². The summed E-state index contributed by atoms with van der Waals surface area (Å²) >= 11 is 0. The number of fused-ring (bicyclic) bond motifs is 1. The molecule has 0 aromatic heterocycles. The Hall–Kier alpha value is -2.61. The molecule has 162 valence electrons. The fourth-order valence-electron chi connectivity index (χ4n) is 5.13. The molecule has 0 radical (unpaired) electrons. The summed E-state index contributed by atoms with van der Waals surface area (Å²) in [5.41, 5.74) is 9.51. The van der Waals surface area contributed by atoms with Gasteiger partial charge in [0.2, 0.25) is 0 Å². The van der Waals surface area contributed by atoms with Crippen molar-refractivity contribution in [3.05, 3.63) is 87.7 Å². The smallest absolute Gasteiger partial charge is 0.162 e. The summed E-state index contributed by atoms with van der Waals surface area (Å²) in [6, 6.07) is 13.0. The lowest BCUT2D eigenvalue weighted by molar-refractivity contribution is -0.115. The Labute approximate surface area is 186 Å². The average molecular weight is 415 g/mol. The van der Waals surface area contributed by atoms with Gasteiger partial charge in [0, 0.05) is 24.8 Å². The Morgan fingerprint density at radius 3 is 2.10 bits per heavy atom. The molecule has 2 aromatic rings. The Morgan fingerprint density at radius 2 is 1.55 bits per heavy atom. The molecule has 0 amide bonds. The van der Waals surface area contributed by atoms with E-state index >= 15 is 0 Å². The number of aryl methyl sites for hydroxylation is 1. The van der Waals surface area contributed by atoms with Crippen molar-refractivity contribution in [3.63, 3.8) is 0 Å². The Balaban J connectivity index is 1.64. The van der Waals surface area contributed by atoms with Gasteiger partial charge < -0.3 is 5.11 Å². The van der Waals surface area contributed by atoms with E-state index in [-0.39, 0.29) is 22.4 Å². The molecule has 2 nitrogen and oxygen atoms in total. The van der Waals surface area contributed by atoms with E-state index in [4.69, 9.17) is 0 Å². The molecule has 2 aliphatic rings. The first-order valence-corrected chi connectivity index (χ1v) is 11.4. The van der Waals surface area contributed by atoms with E-state index in [1.807, 2.05) is 12.1 Å². The van der Waals surface area contributed by atoms with Crippen molar-refractivity contribution >= 4 is 11.4 Å². The maximum absolute atomic E-state index is 12.0. The van der Waals surface area contributed by atoms with Crippen LogP contribution in [0.2, 0.25) is 0 Å². The third-order valence-corrected chi connectivity index (χ3v) is 7.48. The number of allylic oxidation sites excluding steroid dienone is 2. The van der Waals surface area contributed by atoms with E-state index in [0.717, 1.165) is 16.7 Å². The third-order valence-electron chi connectivity index (χ3n) is 7.48. The zero-order chi connectivity index (χ0) is 22.6. The standard InChI is InChI=1S/C29H34O2/c1-18-15-24-25(29(5,6)14-13-28(24,3)4)17-22(18)19(2)21-9-7-20(8-10-21)16-23-26(30)11-12-27(23)31/h7-10,15,17,30H,2,11-14,16H2,1,3-6H3. The highest BCUT2D eigenvalue weighted by Gasteiger charge is 2.37. The van der Waals surface area contributed by atoms with Crippen molar-refractivity contribution < 1.29 is 9.90 Å². The summed E-state index contributed by atoms with van der Waals surface area (Å²) in [4.78, 5) is 12.0. The highest BCUT2D eigenvalue weighted by Crippen LogP contribution is 2.47. The molecule has 0 saturated heterocycles. The number of aliphatic hydroxyl groups excluding tert-OH is 1. The van der Waals surface area contributed by atoms with Gasteiger partial charge in [-0.15, -0.1) is 0 Å². The summed E-state index contributed by atoms with van der Waals surface area (Å²) in [5, 5.41) is 9.96. The Kier molecular flexibility index (Phi) is 5.24. The van der Waals surface area contributed by atoms with E-state index in [0.29, 0.717) is 24.8 Å². The van der Waals surface area contributed by atoms with Gasteiger partial charge in [0.05, 0.1) is 5.76 Å². The van der Waals surface area contributed by atoms with Crippen LogP contribution in [0.25, 0.3) is 5.57 Å². The van der Waals surface area contributed by atoms with Gasteiger partial charge in [0.1, 0.15) is 0 Å². The zero-order valence-corrected chi connectivity index (χ0v) is 19.6. The molecule has 0 fully saturated rings. The molecule has 0 aliphatic heterocycles. The summed E-state index contributed by atoms with van der Waals surface area (Å²) < 4.78 is 0. The minimum atomic E-state index is 0.0706. The molecule has 0 saturated carbocycles. The van der Waals surface area contributed by atoms with Gasteiger partial charge in [-0.2, -0.15) is 0 Å². The number of rotatable bonds is 4. The van der Waals surface area contributed by atoms with E-state index in [1.165, 1.54) is 35.1 Å². The molecule has 0 bridgehead atoms. The third kappa shape index (κ3) is 3.89. The lowest BCUT2D eigenvalue weighted by Gasteiger charge is -2.42. The largest absolute Gasteiger partial charge is 0.512 e. The van der Waals surface area contributed by atoms with E-state index in [2.05, 4.69) is 65.5 Å². The molecule has 0 heterocycles. The van der Waals surface area contributed by atoms with Gasteiger partial charge >= 0.3 is 0 Å². The van der Waals surface area contributed by atoms with Crippen molar-refractivity contribution in [1.82, 2.24) is 0 Å². The molecule has 4 rings (SSSR count). The Bertz CT molecular complexity index is 1090. The van der Waals surface area contributed by atoms with E-state index in [1.54, 1.807) is 0 Å². The van der Waals surface area contributed by atoms with Crippen LogP contribution in [-0.4, -0.2) is 10.9 Å². The monoisotopic (exact) mass is 414 g/mol. The van der Waals surface area contributed by atoms with Crippen molar-refractivity contribution in [2.24, 2.45) is 0 Å². The number of hydrogen-bond acceptors (Lipinski definition) is 2. The maximum atomic E-state index is 12.0. The molecule has 0 unspecified atom stereocenters. The van der Waals surface area contributed by atoms with Gasteiger partial charge in [-0.05, 0) is 69.5 Å². The minimum absolute atomic E-state index is 0.0706. The fraction of sp³-hybridized carbons (Fsp3) is 0.414. The van der Waals surface area contributed by atoms with Gasteiger partial charge in [-0.25, -0.2) is 0 Å². The predicted octanol–water partition coefficient (Wildman–Crippen LogP) is 7.12.